The summed E-state index contributed by atoms with van der Waals surface area (Å²) in [5, 5.41) is 0. The average Bonchev–Trinajstić information content (AvgIpc) is 3.20. The molecule has 6 heteroatoms. The first-order chi connectivity index (χ1) is 12.4. The minimum Gasteiger partial charge on any atom is -0.297 e. The van der Waals surface area contributed by atoms with E-state index in [4.69, 9.17) is 4.18 Å². The Morgan fingerprint density at radius 2 is 1.77 bits per heavy atom. The van der Waals surface area contributed by atoms with E-state index in [9.17, 15) is 8.42 Å². The van der Waals surface area contributed by atoms with Crippen LogP contribution in [0.5, 0.6) is 0 Å². The third-order valence-electron chi connectivity index (χ3n) is 5.57. The SMILES string of the molecule is Cc1ccc(S(=O)(=O)O[C@]2(c3ccc(Br)cc3)CCN3CCCC32)cc1. The maximum absolute atomic E-state index is 13.1. The second kappa shape index (κ2) is 6.75. The lowest BCUT2D eigenvalue weighted by Crippen LogP contribution is -2.42. The summed E-state index contributed by atoms with van der Waals surface area (Å²) in [5.41, 5.74) is 1.14. The van der Waals surface area contributed by atoms with Gasteiger partial charge in [0.2, 0.25) is 0 Å². The van der Waals surface area contributed by atoms with Crippen LogP contribution in [-0.2, 0) is 19.9 Å². The van der Waals surface area contributed by atoms with Crippen molar-refractivity contribution in [2.24, 2.45) is 0 Å². The molecule has 0 bridgehead atoms. The highest BCUT2D eigenvalue weighted by Gasteiger charge is 2.53. The molecule has 0 amide bonds. The van der Waals surface area contributed by atoms with E-state index in [-0.39, 0.29) is 10.9 Å². The van der Waals surface area contributed by atoms with Crippen molar-refractivity contribution in [1.29, 1.82) is 0 Å². The topological polar surface area (TPSA) is 46.6 Å². The summed E-state index contributed by atoms with van der Waals surface area (Å²) in [6.07, 6.45) is 2.72. The number of fused-ring (bicyclic) bond motifs is 1. The van der Waals surface area contributed by atoms with Gasteiger partial charge in [-0.2, -0.15) is 8.42 Å². The molecular weight excluding hydrogens is 414 g/mol. The molecule has 0 saturated carbocycles. The zero-order valence-electron chi connectivity index (χ0n) is 14.7. The molecule has 0 aromatic heterocycles. The fraction of sp³-hybridized carbons (Fsp3) is 0.400. The molecule has 26 heavy (non-hydrogen) atoms. The molecule has 2 fully saturated rings. The Hall–Kier alpha value is -1.21. The predicted octanol–water partition coefficient (Wildman–Crippen LogP) is 4.23. The van der Waals surface area contributed by atoms with Crippen molar-refractivity contribution in [2.45, 2.75) is 42.7 Å². The highest BCUT2D eigenvalue weighted by molar-refractivity contribution is 9.10. The second-order valence-corrected chi connectivity index (χ2v) is 9.65. The quantitative estimate of drug-likeness (QED) is 0.674. The Kier molecular flexibility index (Phi) is 4.72. The number of benzene rings is 2. The Morgan fingerprint density at radius 3 is 2.46 bits per heavy atom. The molecule has 2 atom stereocenters. The number of hydrogen-bond acceptors (Lipinski definition) is 4. The molecule has 2 aliphatic rings. The predicted molar refractivity (Wildman–Crippen MR) is 104 cm³/mol. The minimum absolute atomic E-state index is 0.101. The van der Waals surface area contributed by atoms with Crippen LogP contribution in [0, 0.1) is 6.92 Å². The molecule has 1 unspecified atom stereocenters. The Labute approximate surface area is 163 Å². The molecule has 2 heterocycles. The van der Waals surface area contributed by atoms with Crippen LogP contribution in [0.3, 0.4) is 0 Å². The standard InChI is InChI=1S/C20H22BrNO3S/c1-15-4-10-18(11-5-15)26(23,24)25-20(16-6-8-17(21)9-7-16)12-14-22-13-2-3-19(20)22/h4-11,19H,2-3,12-14H2,1H3/t19?,20-/m0/s1. The van der Waals surface area contributed by atoms with Crippen LogP contribution < -0.4 is 0 Å². The molecule has 0 spiro atoms. The van der Waals surface area contributed by atoms with Gasteiger partial charge >= 0.3 is 0 Å². The first-order valence-corrected chi connectivity index (χ1v) is 11.1. The van der Waals surface area contributed by atoms with Crippen LogP contribution in [0.1, 0.15) is 30.4 Å². The summed E-state index contributed by atoms with van der Waals surface area (Å²) in [6, 6.07) is 14.8. The second-order valence-electron chi connectivity index (χ2n) is 7.19. The van der Waals surface area contributed by atoms with Crippen LogP contribution in [0.2, 0.25) is 0 Å². The monoisotopic (exact) mass is 435 g/mol. The zero-order valence-corrected chi connectivity index (χ0v) is 17.1. The highest BCUT2D eigenvalue weighted by atomic mass is 79.9. The van der Waals surface area contributed by atoms with Gasteiger partial charge < -0.3 is 0 Å². The molecule has 0 radical (unpaired) electrons. The maximum atomic E-state index is 13.1. The third-order valence-corrected chi connectivity index (χ3v) is 7.47. The van der Waals surface area contributed by atoms with Gasteiger partial charge in [-0.1, -0.05) is 45.8 Å². The Bertz CT molecular complexity index is 896. The lowest BCUT2D eigenvalue weighted by Gasteiger charge is -2.35. The average molecular weight is 436 g/mol. The van der Waals surface area contributed by atoms with Crippen molar-refractivity contribution < 1.29 is 12.6 Å². The van der Waals surface area contributed by atoms with E-state index in [1.54, 1.807) is 24.3 Å². The molecule has 0 N–H and O–H groups in total. The molecule has 4 rings (SSSR count). The molecule has 2 saturated heterocycles. The van der Waals surface area contributed by atoms with Crippen LogP contribution >= 0.6 is 15.9 Å². The van der Waals surface area contributed by atoms with Crippen molar-refractivity contribution >= 4 is 26.0 Å². The molecule has 0 aliphatic carbocycles. The fourth-order valence-electron chi connectivity index (χ4n) is 4.26. The third kappa shape index (κ3) is 3.13. The zero-order chi connectivity index (χ0) is 18.4. The van der Waals surface area contributed by atoms with Gasteiger partial charge in [-0.3, -0.25) is 9.08 Å². The number of rotatable bonds is 4. The summed E-state index contributed by atoms with van der Waals surface area (Å²) >= 11 is 3.46. The van der Waals surface area contributed by atoms with Gasteiger partial charge in [0, 0.05) is 17.1 Å². The molecule has 138 valence electrons. The molecular formula is C20H22BrNO3S. The first kappa shape index (κ1) is 18.2. The van der Waals surface area contributed by atoms with Crippen LogP contribution in [0.25, 0.3) is 0 Å². The van der Waals surface area contributed by atoms with Crippen molar-refractivity contribution in [3.05, 3.63) is 64.1 Å². The fourth-order valence-corrected chi connectivity index (χ4v) is 5.77. The van der Waals surface area contributed by atoms with E-state index < -0.39 is 15.7 Å². The Morgan fingerprint density at radius 1 is 1.08 bits per heavy atom. The van der Waals surface area contributed by atoms with Crippen molar-refractivity contribution in [2.75, 3.05) is 13.1 Å². The van der Waals surface area contributed by atoms with Gasteiger partial charge in [-0.15, -0.1) is 0 Å². The van der Waals surface area contributed by atoms with E-state index in [1.807, 2.05) is 31.2 Å². The summed E-state index contributed by atoms with van der Waals surface area (Å²) in [5.74, 6) is 0. The maximum Gasteiger partial charge on any atom is 0.297 e. The number of halogens is 1. The summed E-state index contributed by atoms with van der Waals surface area (Å²) in [7, 11) is -3.85. The smallest absolute Gasteiger partial charge is 0.297 e. The van der Waals surface area contributed by atoms with Gasteiger partial charge in [0.25, 0.3) is 10.1 Å². The first-order valence-electron chi connectivity index (χ1n) is 8.93. The van der Waals surface area contributed by atoms with Crippen LogP contribution in [0.15, 0.2) is 57.9 Å². The van der Waals surface area contributed by atoms with E-state index >= 15 is 0 Å². The highest BCUT2D eigenvalue weighted by Crippen LogP contribution is 2.47. The number of aryl methyl sites for hydroxylation is 1. The van der Waals surface area contributed by atoms with E-state index in [2.05, 4.69) is 20.8 Å². The Balaban J connectivity index is 1.76. The van der Waals surface area contributed by atoms with Gasteiger partial charge in [0.15, 0.2) is 0 Å². The lowest BCUT2D eigenvalue weighted by molar-refractivity contribution is 0.0431. The number of hydrogen-bond donors (Lipinski definition) is 0. The van der Waals surface area contributed by atoms with Gasteiger partial charge in [-0.05, 0) is 62.6 Å². The normalized spacial score (nSPS) is 26.2. The van der Waals surface area contributed by atoms with Gasteiger partial charge in [0.1, 0.15) is 5.60 Å². The van der Waals surface area contributed by atoms with Crippen molar-refractivity contribution in [3.63, 3.8) is 0 Å². The van der Waals surface area contributed by atoms with Crippen molar-refractivity contribution in [3.8, 4) is 0 Å². The number of nitrogens with zero attached hydrogens (tertiary/aromatic N) is 1. The van der Waals surface area contributed by atoms with Crippen LogP contribution in [0.4, 0.5) is 0 Å². The molecule has 4 nitrogen and oxygen atoms in total. The van der Waals surface area contributed by atoms with Crippen LogP contribution in [-0.4, -0.2) is 32.4 Å². The largest absolute Gasteiger partial charge is 0.297 e. The van der Waals surface area contributed by atoms with Crippen molar-refractivity contribution in [1.82, 2.24) is 4.90 Å². The summed E-state index contributed by atoms with van der Waals surface area (Å²) < 4.78 is 33.2. The van der Waals surface area contributed by atoms with Gasteiger partial charge in [0.05, 0.1) is 4.90 Å². The molecule has 2 aromatic carbocycles. The summed E-state index contributed by atoms with van der Waals surface area (Å²) in [4.78, 5) is 2.59. The van der Waals surface area contributed by atoms with E-state index in [0.29, 0.717) is 6.42 Å². The summed E-state index contributed by atoms with van der Waals surface area (Å²) in [6.45, 7) is 3.81. The molecule has 2 aliphatic heterocycles. The lowest BCUT2D eigenvalue weighted by atomic mass is 9.85. The van der Waals surface area contributed by atoms with Gasteiger partial charge in [-0.25, -0.2) is 0 Å². The molecule has 2 aromatic rings. The van der Waals surface area contributed by atoms with E-state index in [1.165, 1.54) is 0 Å². The van der Waals surface area contributed by atoms with E-state index in [0.717, 1.165) is 41.5 Å². The minimum atomic E-state index is -3.85.